The maximum atomic E-state index is 14.7. The highest BCUT2D eigenvalue weighted by atomic mass is 35.5. The van der Waals surface area contributed by atoms with Gasteiger partial charge in [-0.2, -0.15) is 5.10 Å². The van der Waals surface area contributed by atoms with Gasteiger partial charge < -0.3 is 10.2 Å². The Hall–Kier alpha value is -4.06. The molecule has 1 atom stereocenters. The molecule has 0 bridgehead atoms. The molecule has 4 heterocycles. The van der Waals surface area contributed by atoms with Gasteiger partial charge in [-0.25, -0.2) is 23.1 Å². The zero-order valence-corrected chi connectivity index (χ0v) is 21.1. The summed E-state index contributed by atoms with van der Waals surface area (Å²) < 4.78 is 43.3. The Kier molecular flexibility index (Phi) is 6.98. The number of nitrogens with zero attached hydrogens (tertiary/aromatic N) is 7. The molecule has 1 aliphatic rings. The second-order valence-electron chi connectivity index (χ2n) is 8.80. The normalized spacial score (nSPS) is 13.9. The van der Waals surface area contributed by atoms with Crippen LogP contribution in [0.2, 0.25) is 5.02 Å². The van der Waals surface area contributed by atoms with E-state index in [0.717, 1.165) is 55.5 Å². The first-order chi connectivity index (χ1) is 18.2. The maximum Gasteiger partial charge on any atom is 0.275 e. The molecule has 0 radical (unpaired) electrons. The fraction of sp³-hybridized carbons (Fsp3) is 0.280. The Balaban J connectivity index is 1.34. The van der Waals surface area contributed by atoms with Gasteiger partial charge in [0.2, 0.25) is 0 Å². The maximum absolute atomic E-state index is 14.7. The van der Waals surface area contributed by atoms with Gasteiger partial charge in [-0.15, -0.1) is 0 Å². The average Bonchev–Trinajstić information content (AvgIpc) is 3.33. The number of halogens is 4. The lowest BCUT2D eigenvalue weighted by atomic mass is 10.0. The topological polar surface area (TPSA) is 102 Å². The Morgan fingerprint density at radius 1 is 1.13 bits per heavy atom. The van der Waals surface area contributed by atoms with Crippen LogP contribution in [-0.2, 0) is 0 Å². The summed E-state index contributed by atoms with van der Waals surface area (Å²) in [5, 5.41) is 6.60. The molecule has 3 aromatic heterocycles. The fourth-order valence-electron chi connectivity index (χ4n) is 4.08. The van der Waals surface area contributed by atoms with E-state index in [1.165, 1.54) is 6.20 Å². The molecule has 1 N–H and O–H groups in total. The third-order valence-corrected chi connectivity index (χ3v) is 6.56. The zero-order valence-electron chi connectivity index (χ0n) is 20.4. The molecule has 1 unspecified atom stereocenters. The molecule has 38 heavy (non-hydrogen) atoms. The number of aryl methyl sites for hydroxylation is 1. The highest BCUT2D eigenvalue weighted by molar-refractivity contribution is 6.31. The first-order valence-corrected chi connectivity index (χ1v) is 12.1. The molecule has 4 aromatic rings. The van der Waals surface area contributed by atoms with Crippen molar-refractivity contribution in [1.82, 2.24) is 29.7 Å². The Labute approximate surface area is 220 Å². The molecule has 1 amide bonds. The van der Waals surface area contributed by atoms with Crippen LogP contribution in [0.1, 0.15) is 53.3 Å². The number of alkyl halides is 2. The minimum Gasteiger partial charge on any atom is -0.355 e. The number of nitrogens with one attached hydrogen (secondary N) is 1. The summed E-state index contributed by atoms with van der Waals surface area (Å²) in [5.74, 6) is -0.868. The molecule has 5 rings (SSSR count). The summed E-state index contributed by atoms with van der Waals surface area (Å²) in [6.45, 7) is 5.77. The first kappa shape index (κ1) is 25.6. The van der Waals surface area contributed by atoms with Crippen LogP contribution in [0.5, 0.6) is 0 Å². The molecule has 0 saturated carbocycles. The second-order valence-corrected chi connectivity index (χ2v) is 9.21. The molecular weight excluding hydrogens is 521 g/mol. The highest BCUT2D eigenvalue weighted by Gasteiger charge is 2.23. The minimum atomic E-state index is -2.98. The number of rotatable bonds is 7. The van der Waals surface area contributed by atoms with Crippen molar-refractivity contribution in [3.63, 3.8) is 0 Å². The van der Waals surface area contributed by atoms with Gasteiger partial charge in [0.25, 0.3) is 12.3 Å². The standard InChI is InChI=1S/C25H22ClF3N8O/c1-13-24(36-6-3-7-36)31-11-18(33-13)14(2)37-12-15(8-32-37)34-25(38)20-10-30-9-19(35-20)21-16(23(28)29)4-5-17(26)22(21)27/h4-5,8-12,14,23H,3,6-7H2,1-2H3,(H,34,38). The zero-order chi connectivity index (χ0) is 27.0. The molecule has 1 aliphatic heterocycles. The van der Waals surface area contributed by atoms with E-state index in [9.17, 15) is 18.0 Å². The number of benzene rings is 1. The van der Waals surface area contributed by atoms with Gasteiger partial charge in [0.05, 0.1) is 58.6 Å². The molecule has 13 heteroatoms. The van der Waals surface area contributed by atoms with E-state index < -0.39 is 29.3 Å². The highest BCUT2D eigenvalue weighted by Crippen LogP contribution is 2.35. The Bertz CT molecular complexity index is 1510. The molecule has 1 fully saturated rings. The number of carbonyl (C=O) groups excluding carboxylic acids is 1. The lowest BCUT2D eigenvalue weighted by molar-refractivity contribution is 0.102. The van der Waals surface area contributed by atoms with Crippen molar-refractivity contribution in [2.45, 2.75) is 32.7 Å². The van der Waals surface area contributed by atoms with E-state index in [0.29, 0.717) is 11.4 Å². The number of hydrogen-bond acceptors (Lipinski definition) is 7. The van der Waals surface area contributed by atoms with Crippen LogP contribution in [0, 0.1) is 12.7 Å². The predicted octanol–water partition coefficient (Wildman–Crippen LogP) is 5.24. The lowest BCUT2D eigenvalue weighted by Crippen LogP contribution is -2.38. The van der Waals surface area contributed by atoms with Gasteiger partial charge >= 0.3 is 0 Å². The van der Waals surface area contributed by atoms with Crippen molar-refractivity contribution >= 4 is 29.0 Å². The van der Waals surface area contributed by atoms with E-state index in [4.69, 9.17) is 11.6 Å². The summed E-state index contributed by atoms with van der Waals surface area (Å²) >= 11 is 5.79. The molecular formula is C25H22ClF3N8O. The number of carbonyl (C=O) groups is 1. The number of aromatic nitrogens is 6. The van der Waals surface area contributed by atoms with Crippen molar-refractivity contribution in [3.8, 4) is 11.3 Å². The Morgan fingerprint density at radius 3 is 2.61 bits per heavy atom. The molecule has 1 aromatic carbocycles. The third-order valence-electron chi connectivity index (χ3n) is 6.26. The van der Waals surface area contributed by atoms with E-state index in [1.807, 2.05) is 13.8 Å². The largest absolute Gasteiger partial charge is 0.355 e. The lowest BCUT2D eigenvalue weighted by Gasteiger charge is -2.32. The molecule has 0 spiro atoms. The molecule has 0 aliphatic carbocycles. The second kappa shape index (κ2) is 10.4. The van der Waals surface area contributed by atoms with Gasteiger partial charge in [-0.1, -0.05) is 17.7 Å². The van der Waals surface area contributed by atoms with Gasteiger partial charge in [0, 0.05) is 30.4 Å². The number of amides is 1. The SMILES string of the molecule is Cc1nc(C(C)n2cc(NC(=O)c3cncc(-c4c(C(F)F)ccc(Cl)c4F)n3)cn2)cnc1N1CCC1. The van der Waals surface area contributed by atoms with Crippen molar-refractivity contribution in [1.29, 1.82) is 0 Å². The van der Waals surface area contributed by atoms with Crippen LogP contribution in [0.15, 0.2) is 43.1 Å². The van der Waals surface area contributed by atoms with Crippen LogP contribution in [0.25, 0.3) is 11.3 Å². The van der Waals surface area contributed by atoms with Crippen LogP contribution in [0.4, 0.5) is 24.7 Å². The smallest absolute Gasteiger partial charge is 0.275 e. The summed E-state index contributed by atoms with van der Waals surface area (Å²) in [6, 6.07) is 1.79. The fourth-order valence-corrected chi connectivity index (χ4v) is 4.24. The third kappa shape index (κ3) is 4.91. The molecule has 9 nitrogen and oxygen atoms in total. The van der Waals surface area contributed by atoms with E-state index >= 15 is 0 Å². The average molecular weight is 543 g/mol. The van der Waals surface area contributed by atoms with Gasteiger partial charge in [-0.3, -0.25) is 19.4 Å². The van der Waals surface area contributed by atoms with Crippen molar-refractivity contribution < 1.29 is 18.0 Å². The summed E-state index contributed by atoms with van der Waals surface area (Å²) in [6.07, 6.45) is 5.18. The van der Waals surface area contributed by atoms with Gasteiger partial charge in [0.15, 0.2) is 5.82 Å². The minimum absolute atomic E-state index is 0.203. The quantitative estimate of drug-likeness (QED) is 0.341. The summed E-state index contributed by atoms with van der Waals surface area (Å²) in [7, 11) is 0. The number of anilines is 2. The van der Waals surface area contributed by atoms with Crippen molar-refractivity contribution in [2.75, 3.05) is 23.3 Å². The Morgan fingerprint density at radius 2 is 1.92 bits per heavy atom. The van der Waals surface area contributed by atoms with Crippen LogP contribution < -0.4 is 10.2 Å². The predicted molar refractivity (Wildman–Crippen MR) is 135 cm³/mol. The molecule has 196 valence electrons. The summed E-state index contributed by atoms with van der Waals surface area (Å²) in [5.41, 5.74) is 0.346. The van der Waals surface area contributed by atoms with Crippen LogP contribution in [0.3, 0.4) is 0 Å². The van der Waals surface area contributed by atoms with Crippen LogP contribution in [-0.4, -0.2) is 48.7 Å². The monoisotopic (exact) mass is 542 g/mol. The van der Waals surface area contributed by atoms with E-state index in [-0.39, 0.29) is 22.5 Å². The van der Waals surface area contributed by atoms with Crippen molar-refractivity contribution in [2.24, 2.45) is 0 Å². The van der Waals surface area contributed by atoms with Gasteiger partial charge in [-0.05, 0) is 26.3 Å². The van der Waals surface area contributed by atoms with Crippen LogP contribution >= 0.6 is 11.6 Å². The van der Waals surface area contributed by atoms with Gasteiger partial charge in [0.1, 0.15) is 11.5 Å². The molecule has 1 saturated heterocycles. The van der Waals surface area contributed by atoms with E-state index in [2.05, 4.69) is 35.3 Å². The summed E-state index contributed by atoms with van der Waals surface area (Å²) in [4.78, 5) is 32.2. The van der Waals surface area contributed by atoms with Crippen molar-refractivity contribution in [3.05, 3.63) is 76.6 Å². The first-order valence-electron chi connectivity index (χ1n) is 11.8. The number of hydrogen-bond donors (Lipinski definition) is 1. The van der Waals surface area contributed by atoms with E-state index in [1.54, 1.807) is 17.1 Å².